The normalized spacial score (nSPS) is 11.3. The molecular formula is C8H16O3S. The van der Waals surface area contributed by atoms with Crippen molar-refractivity contribution in [3.63, 3.8) is 0 Å². The third-order valence-electron chi connectivity index (χ3n) is 1.44. The third-order valence-corrected chi connectivity index (χ3v) is 2.83. The molecule has 0 fully saturated rings. The second kappa shape index (κ2) is 5.43. The molecule has 0 heterocycles. The molecule has 0 aliphatic heterocycles. The van der Waals surface area contributed by atoms with Gasteiger partial charge < -0.3 is 9.84 Å². The molecule has 0 aliphatic rings. The fourth-order valence-corrected chi connectivity index (χ4v) is 1.63. The molecule has 12 heavy (non-hydrogen) atoms. The predicted molar refractivity (Wildman–Crippen MR) is 50.2 cm³/mol. The van der Waals surface area contributed by atoms with Gasteiger partial charge in [-0.25, -0.2) is 0 Å². The van der Waals surface area contributed by atoms with Gasteiger partial charge in [0.25, 0.3) is 0 Å². The Morgan fingerprint density at radius 3 is 2.58 bits per heavy atom. The van der Waals surface area contributed by atoms with Crippen molar-refractivity contribution in [2.75, 3.05) is 25.2 Å². The number of methoxy groups -OCH3 is 1. The van der Waals surface area contributed by atoms with Crippen LogP contribution < -0.4 is 0 Å². The van der Waals surface area contributed by atoms with Gasteiger partial charge >= 0.3 is 5.97 Å². The first kappa shape index (κ1) is 11.8. The van der Waals surface area contributed by atoms with E-state index >= 15 is 0 Å². The summed E-state index contributed by atoms with van der Waals surface area (Å²) in [7, 11) is 1.39. The van der Waals surface area contributed by atoms with Crippen molar-refractivity contribution in [3.05, 3.63) is 0 Å². The largest absolute Gasteiger partial charge is 0.469 e. The second-order valence-corrected chi connectivity index (χ2v) is 4.26. The molecule has 0 saturated heterocycles. The average Bonchev–Trinajstić information content (AvgIpc) is 2.03. The van der Waals surface area contributed by atoms with Crippen LogP contribution in [0.3, 0.4) is 0 Å². The van der Waals surface area contributed by atoms with Gasteiger partial charge in [-0.15, -0.1) is 0 Å². The molecule has 0 spiro atoms. The van der Waals surface area contributed by atoms with Crippen molar-refractivity contribution in [1.29, 1.82) is 0 Å². The maximum Gasteiger partial charge on any atom is 0.312 e. The van der Waals surface area contributed by atoms with E-state index in [1.54, 1.807) is 11.8 Å². The smallest absolute Gasteiger partial charge is 0.312 e. The van der Waals surface area contributed by atoms with E-state index in [4.69, 9.17) is 5.11 Å². The topological polar surface area (TPSA) is 46.5 Å². The number of esters is 1. The van der Waals surface area contributed by atoms with E-state index < -0.39 is 5.41 Å². The second-order valence-electron chi connectivity index (χ2n) is 3.15. The highest BCUT2D eigenvalue weighted by atomic mass is 32.2. The molecule has 0 radical (unpaired) electrons. The predicted octanol–water partition coefficient (Wildman–Crippen LogP) is 0.911. The lowest BCUT2D eigenvalue weighted by Gasteiger charge is -2.20. The summed E-state index contributed by atoms with van der Waals surface area (Å²) in [6, 6.07) is 0. The average molecular weight is 192 g/mol. The van der Waals surface area contributed by atoms with Gasteiger partial charge in [0.05, 0.1) is 19.1 Å². The Morgan fingerprint density at radius 2 is 2.17 bits per heavy atom. The van der Waals surface area contributed by atoms with E-state index in [1.165, 1.54) is 7.11 Å². The van der Waals surface area contributed by atoms with Crippen molar-refractivity contribution in [2.24, 2.45) is 5.41 Å². The first-order valence-electron chi connectivity index (χ1n) is 3.81. The summed E-state index contributed by atoms with van der Waals surface area (Å²) in [5.74, 6) is 1.15. The zero-order valence-electron chi connectivity index (χ0n) is 7.79. The summed E-state index contributed by atoms with van der Waals surface area (Å²) in [5.41, 5.74) is -0.450. The molecule has 0 aliphatic carbocycles. The zero-order valence-corrected chi connectivity index (χ0v) is 8.61. The number of carbonyl (C=O) groups is 1. The molecular weight excluding hydrogens is 176 g/mol. The Balaban J connectivity index is 3.78. The Labute approximate surface area is 77.5 Å². The number of carbonyl (C=O) groups excluding carboxylic acids is 1. The van der Waals surface area contributed by atoms with Crippen LogP contribution in [0.1, 0.15) is 13.8 Å². The summed E-state index contributed by atoms with van der Waals surface area (Å²) in [5, 5.41) is 8.52. The number of rotatable bonds is 5. The molecule has 0 aromatic heterocycles. The molecule has 0 saturated carbocycles. The van der Waals surface area contributed by atoms with Gasteiger partial charge in [0.1, 0.15) is 0 Å². The van der Waals surface area contributed by atoms with Gasteiger partial charge in [-0.05, 0) is 13.8 Å². The fraction of sp³-hybridized carbons (Fsp3) is 0.875. The molecule has 0 bridgehead atoms. The monoisotopic (exact) mass is 192 g/mol. The number of hydrogen-bond acceptors (Lipinski definition) is 4. The lowest BCUT2D eigenvalue weighted by Crippen LogP contribution is -2.28. The van der Waals surface area contributed by atoms with Crippen molar-refractivity contribution in [3.8, 4) is 0 Å². The van der Waals surface area contributed by atoms with Gasteiger partial charge in [-0.2, -0.15) is 11.8 Å². The van der Waals surface area contributed by atoms with Crippen LogP contribution in [0.5, 0.6) is 0 Å². The molecule has 1 N–H and O–H groups in total. The summed E-state index contributed by atoms with van der Waals surface area (Å²) in [4.78, 5) is 11.1. The lowest BCUT2D eigenvalue weighted by atomic mass is 9.97. The highest BCUT2D eigenvalue weighted by molar-refractivity contribution is 7.99. The van der Waals surface area contributed by atoms with E-state index in [0.29, 0.717) is 11.5 Å². The SMILES string of the molecule is COC(=O)C(C)(C)CSCCO. The van der Waals surface area contributed by atoms with Crippen LogP contribution in [0.15, 0.2) is 0 Å². The molecule has 72 valence electrons. The summed E-state index contributed by atoms with van der Waals surface area (Å²) < 4.78 is 4.63. The summed E-state index contributed by atoms with van der Waals surface area (Å²) in [6.45, 7) is 3.83. The maximum absolute atomic E-state index is 11.1. The quantitative estimate of drug-likeness (QED) is 0.519. The number of aliphatic hydroxyl groups excluding tert-OH is 1. The van der Waals surface area contributed by atoms with E-state index in [9.17, 15) is 4.79 Å². The molecule has 0 aromatic rings. The van der Waals surface area contributed by atoms with Gasteiger partial charge in [-0.1, -0.05) is 0 Å². The summed E-state index contributed by atoms with van der Waals surface area (Å²) in [6.07, 6.45) is 0. The van der Waals surface area contributed by atoms with Crippen molar-refractivity contribution >= 4 is 17.7 Å². The van der Waals surface area contributed by atoms with Gasteiger partial charge in [0, 0.05) is 11.5 Å². The number of ether oxygens (including phenoxy) is 1. The van der Waals surface area contributed by atoms with Crippen LogP contribution in [-0.2, 0) is 9.53 Å². The first-order chi connectivity index (χ1) is 5.54. The summed E-state index contributed by atoms with van der Waals surface area (Å²) >= 11 is 1.55. The van der Waals surface area contributed by atoms with Crippen LogP contribution in [0, 0.1) is 5.41 Å². The Hall–Kier alpha value is -0.220. The zero-order chi connectivity index (χ0) is 9.61. The minimum absolute atomic E-state index is 0.155. The fourth-order valence-electron chi connectivity index (χ4n) is 0.727. The Morgan fingerprint density at radius 1 is 1.58 bits per heavy atom. The maximum atomic E-state index is 11.1. The van der Waals surface area contributed by atoms with Crippen molar-refractivity contribution in [2.45, 2.75) is 13.8 Å². The molecule has 0 amide bonds. The molecule has 0 atom stereocenters. The molecule has 3 nitrogen and oxygen atoms in total. The first-order valence-corrected chi connectivity index (χ1v) is 4.97. The van der Waals surface area contributed by atoms with Crippen LogP contribution in [0.4, 0.5) is 0 Å². The third kappa shape index (κ3) is 3.97. The standard InChI is InChI=1S/C8H16O3S/c1-8(2,7(10)11-3)6-12-5-4-9/h9H,4-6H2,1-3H3. The van der Waals surface area contributed by atoms with E-state index in [0.717, 1.165) is 0 Å². The lowest BCUT2D eigenvalue weighted by molar-refractivity contribution is -0.149. The van der Waals surface area contributed by atoms with E-state index in [2.05, 4.69) is 4.74 Å². The molecule has 0 aromatic carbocycles. The minimum atomic E-state index is -0.450. The molecule has 0 unspecified atom stereocenters. The number of aliphatic hydroxyl groups is 1. The Bertz CT molecular complexity index is 145. The van der Waals surface area contributed by atoms with E-state index in [-0.39, 0.29) is 12.6 Å². The highest BCUT2D eigenvalue weighted by Gasteiger charge is 2.28. The van der Waals surface area contributed by atoms with Crippen LogP contribution in [-0.4, -0.2) is 36.3 Å². The van der Waals surface area contributed by atoms with Gasteiger partial charge in [-0.3, -0.25) is 4.79 Å². The van der Waals surface area contributed by atoms with Gasteiger partial charge in [0.15, 0.2) is 0 Å². The highest BCUT2D eigenvalue weighted by Crippen LogP contribution is 2.22. The molecule has 4 heteroatoms. The van der Waals surface area contributed by atoms with E-state index in [1.807, 2.05) is 13.8 Å². The van der Waals surface area contributed by atoms with Crippen molar-refractivity contribution < 1.29 is 14.6 Å². The van der Waals surface area contributed by atoms with Crippen LogP contribution in [0.25, 0.3) is 0 Å². The Kier molecular flexibility index (Phi) is 5.33. The number of thioether (sulfide) groups is 1. The van der Waals surface area contributed by atoms with Crippen molar-refractivity contribution in [1.82, 2.24) is 0 Å². The minimum Gasteiger partial charge on any atom is -0.469 e. The van der Waals surface area contributed by atoms with Gasteiger partial charge in [0.2, 0.25) is 0 Å². The number of hydrogen-bond donors (Lipinski definition) is 1. The van der Waals surface area contributed by atoms with Crippen LogP contribution in [0.2, 0.25) is 0 Å². The molecule has 0 rings (SSSR count). The van der Waals surface area contributed by atoms with Crippen LogP contribution >= 0.6 is 11.8 Å².